The molecule has 0 aromatic heterocycles. The van der Waals surface area contributed by atoms with Gasteiger partial charge in [0.2, 0.25) is 5.91 Å². The second kappa shape index (κ2) is 5.13. The lowest BCUT2D eigenvalue weighted by Crippen LogP contribution is -2.50. The first-order chi connectivity index (χ1) is 9.23. The Morgan fingerprint density at radius 3 is 2.74 bits per heavy atom. The summed E-state index contributed by atoms with van der Waals surface area (Å²) in [5.74, 6) is 0.00365. The van der Waals surface area contributed by atoms with E-state index in [0.29, 0.717) is 6.04 Å². The third-order valence-electron chi connectivity index (χ3n) is 5.26. The number of nitriles is 1. The topological polar surface area (TPSA) is 56.1 Å². The molecule has 1 aliphatic carbocycles. The van der Waals surface area contributed by atoms with Gasteiger partial charge in [0, 0.05) is 18.6 Å². The lowest BCUT2D eigenvalue weighted by atomic mass is 9.86. The summed E-state index contributed by atoms with van der Waals surface area (Å²) in [6.45, 7) is 2.34. The van der Waals surface area contributed by atoms with Crippen molar-refractivity contribution in [3.05, 3.63) is 0 Å². The average Bonchev–Trinajstić information content (AvgIpc) is 3.07. The maximum Gasteiger partial charge on any atom is 0.240 e. The van der Waals surface area contributed by atoms with Crippen LogP contribution < -0.4 is 5.32 Å². The van der Waals surface area contributed by atoms with Gasteiger partial charge in [0.1, 0.15) is 5.41 Å². The van der Waals surface area contributed by atoms with Crippen LogP contribution in [0.25, 0.3) is 0 Å². The van der Waals surface area contributed by atoms with E-state index in [-0.39, 0.29) is 11.9 Å². The van der Waals surface area contributed by atoms with Gasteiger partial charge in [0.05, 0.1) is 6.07 Å². The maximum absolute atomic E-state index is 12.4. The van der Waals surface area contributed by atoms with Crippen molar-refractivity contribution in [1.29, 1.82) is 5.26 Å². The van der Waals surface area contributed by atoms with Gasteiger partial charge < -0.3 is 10.2 Å². The largest absolute Gasteiger partial charge is 0.352 e. The van der Waals surface area contributed by atoms with Crippen molar-refractivity contribution in [3.63, 3.8) is 0 Å². The Labute approximate surface area is 115 Å². The number of rotatable bonds is 2. The molecule has 2 saturated heterocycles. The van der Waals surface area contributed by atoms with Gasteiger partial charge in [-0.05, 0) is 45.1 Å². The van der Waals surface area contributed by atoms with Crippen molar-refractivity contribution in [3.8, 4) is 6.07 Å². The summed E-state index contributed by atoms with van der Waals surface area (Å²) in [4.78, 5) is 15.0. The molecule has 1 saturated carbocycles. The molecule has 1 amide bonds. The van der Waals surface area contributed by atoms with Crippen LogP contribution in [0.3, 0.4) is 0 Å². The van der Waals surface area contributed by atoms with Crippen LogP contribution in [0.15, 0.2) is 0 Å². The van der Waals surface area contributed by atoms with Crippen molar-refractivity contribution >= 4 is 5.91 Å². The summed E-state index contributed by atoms with van der Waals surface area (Å²) < 4.78 is 0. The minimum atomic E-state index is -0.715. The van der Waals surface area contributed by atoms with E-state index in [4.69, 9.17) is 0 Å². The second-order valence-electron chi connectivity index (χ2n) is 6.43. The summed E-state index contributed by atoms with van der Waals surface area (Å²) in [7, 11) is 0. The molecule has 2 atom stereocenters. The Morgan fingerprint density at radius 1 is 1.21 bits per heavy atom. The van der Waals surface area contributed by atoms with Gasteiger partial charge in [-0.25, -0.2) is 0 Å². The molecular formula is C15H23N3O. The lowest BCUT2D eigenvalue weighted by molar-refractivity contribution is -0.129. The molecule has 0 aromatic rings. The van der Waals surface area contributed by atoms with Gasteiger partial charge in [-0.1, -0.05) is 12.8 Å². The smallest absolute Gasteiger partial charge is 0.240 e. The predicted octanol–water partition coefficient (Wildman–Crippen LogP) is 1.81. The summed E-state index contributed by atoms with van der Waals surface area (Å²) in [6.07, 6.45) is 8.22. The van der Waals surface area contributed by atoms with Crippen LogP contribution in [-0.4, -0.2) is 36.0 Å². The van der Waals surface area contributed by atoms with E-state index in [0.717, 1.165) is 45.1 Å². The van der Waals surface area contributed by atoms with Gasteiger partial charge in [0.25, 0.3) is 0 Å². The number of fused-ring (bicyclic) bond motifs is 1. The average molecular weight is 261 g/mol. The molecule has 3 fully saturated rings. The van der Waals surface area contributed by atoms with Gasteiger partial charge >= 0.3 is 0 Å². The van der Waals surface area contributed by atoms with Gasteiger partial charge in [0.15, 0.2) is 0 Å². The van der Waals surface area contributed by atoms with E-state index in [9.17, 15) is 10.1 Å². The molecule has 0 radical (unpaired) electrons. The van der Waals surface area contributed by atoms with Crippen LogP contribution in [0.2, 0.25) is 0 Å². The Bertz CT molecular complexity index is 395. The van der Waals surface area contributed by atoms with Gasteiger partial charge in [-0.3, -0.25) is 4.79 Å². The van der Waals surface area contributed by atoms with Crippen LogP contribution in [0.1, 0.15) is 51.4 Å². The first kappa shape index (κ1) is 12.9. The predicted molar refractivity (Wildman–Crippen MR) is 72.3 cm³/mol. The normalized spacial score (nSPS) is 33.6. The third-order valence-corrected chi connectivity index (χ3v) is 5.26. The number of carbonyl (C=O) groups excluding carboxylic acids is 1. The molecule has 0 spiro atoms. The molecule has 0 aromatic carbocycles. The monoisotopic (exact) mass is 261 g/mol. The number of amides is 1. The number of nitrogens with one attached hydrogen (secondary N) is 1. The zero-order chi connectivity index (χ0) is 13.3. The molecule has 3 aliphatic rings. The van der Waals surface area contributed by atoms with Gasteiger partial charge in [-0.15, -0.1) is 0 Å². The minimum absolute atomic E-state index is 0.00365. The minimum Gasteiger partial charge on any atom is -0.352 e. The number of hydrogen-bond acceptors (Lipinski definition) is 3. The molecule has 1 N–H and O–H groups in total. The van der Waals surface area contributed by atoms with Crippen LogP contribution in [0.5, 0.6) is 0 Å². The summed E-state index contributed by atoms with van der Waals surface area (Å²) in [6, 6.07) is 3.25. The lowest BCUT2D eigenvalue weighted by Gasteiger charge is -2.36. The fourth-order valence-corrected chi connectivity index (χ4v) is 4.05. The molecule has 2 heterocycles. The highest BCUT2D eigenvalue weighted by Crippen LogP contribution is 2.38. The fourth-order valence-electron chi connectivity index (χ4n) is 4.05. The molecule has 0 bridgehead atoms. The highest BCUT2D eigenvalue weighted by molar-refractivity contribution is 5.86. The van der Waals surface area contributed by atoms with E-state index >= 15 is 0 Å². The van der Waals surface area contributed by atoms with Crippen LogP contribution in [-0.2, 0) is 4.79 Å². The molecule has 4 heteroatoms. The summed E-state index contributed by atoms with van der Waals surface area (Å²) >= 11 is 0. The summed E-state index contributed by atoms with van der Waals surface area (Å²) in [5.41, 5.74) is -0.715. The van der Waals surface area contributed by atoms with Crippen LogP contribution >= 0.6 is 0 Å². The Hall–Kier alpha value is -1.08. The molecule has 19 heavy (non-hydrogen) atoms. The number of piperidine rings is 1. The number of carbonyl (C=O) groups is 1. The number of hydrogen-bond donors (Lipinski definition) is 1. The van der Waals surface area contributed by atoms with Crippen LogP contribution in [0, 0.1) is 16.7 Å². The summed E-state index contributed by atoms with van der Waals surface area (Å²) in [5, 5.41) is 12.5. The van der Waals surface area contributed by atoms with E-state index in [1.54, 1.807) is 0 Å². The SMILES string of the molecule is N#CC1(C(=O)NC2CCN3CCCC3C2)CCCC1. The third kappa shape index (κ3) is 2.36. The standard InChI is InChI=1S/C15H23N3O/c16-11-15(6-1-2-7-15)14(19)17-12-5-9-18-8-3-4-13(18)10-12/h12-13H,1-10H2,(H,17,19). The van der Waals surface area contributed by atoms with Crippen molar-refractivity contribution in [1.82, 2.24) is 10.2 Å². The van der Waals surface area contributed by atoms with E-state index in [1.165, 1.54) is 19.4 Å². The Balaban J connectivity index is 1.59. The fraction of sp³-hybridized carbons (Fsp3) is 0.867. The van der Waals surface area contributed by atoms with Crippen molar-refractivity contribution in [2.75, 3.05) is 13.1 Å². The number of nitrogens with zero attached hydrogens (tertiary/aromatic N) is 2. The van der Waals surface area contributed by atoms with E-state index in [2.05, 4.69) is 16.3 Å². The maximum atomic E-state index is 12.4. The van der Waals surface area contributed by atoms with E-state index in [1.807, 2.05) is 0 Å². The van der Waals surface area contributed by atoms with Gasteiger partial charge in [-0.2, -0.15) is 5.26 Å². The molecule has 4 nitrogen and oxygen atoms in total. The second-order valence-corrected chi connectivity index (χ2v) is 6.43. The quantitative estimate of drug-likeness (QED) is 0.825. The van der Waals surface area contributed by atoms with Crippen molar-refractivity contribution < 1.29 is 4.79 Å². The highest BCUT2D eigenvalue weighted by Gasteiger charge is 2.43. The zero-order valence-corrected chi connectivity index (χ0v) is 11.5. The first-order valence-corrected chi connectivity index (χ1v) is 7.70. The molecule has 2 unspecified atom stereocenters. The van der Waals surface area contributed by atoms with E-state index < -0.39 is 5.41 Å². The van der Waals surface area contributed by atoms with Crippen LogP contribution in [0.4, 0.5) is 0 Å². The molecule has 104 valence electrons. The first-order valence-electron chi connectivity index (χ1n) is 7.70. The highest BCUT2D eigenvalue weighted by atomic mass is 16.2. The Morgan fingerprint density at radius 2 is 2.00 bits per heavy atom. The molecular weight excluding hydrogens is 238 g/mol. The zero-order valence-electron chi connectivity index (χ0n) is 11.5. The van der Waals surface area contributed by atoms with Crippen molar-refractivity contribution in [2.45, 2.75) is 63.5 Å². The molecule has 2 aliphatic heterocycles. The Kier molecular flexibility index (Phi) is 3.49. The van der Waals surface area contributed by atoms with Crippen molar-refractivity contribution in [2.24, 2.45) is 5.41 Å². The molecule has 3 rings (SSSR count).